The summed E-state index contributed by atoms with van der Waals surface area (Å²) in [6.07, 6.45) is 5.19. The Morgan fingerprint density at radius 3 is 3.00 bits per heavy atom. The third-order valence-electron chi connectivity index (χ3n) is 3.82. The second-order valence-electron chi connectivity index (χ2n) is 4.80. The third-order valence-corrected chi connectivity index (χ3v) is 3.82. The quantitative estimate of drug-likeness (QED) is 0.818. The monoisotopic (exact) mass is 217 g/mol. The average molecular weight is 217 g/mol. The molecule has 0 saturated heterocycles. The van der Waals surface area contributed by atoms with Crippen molar-refractivity contribution >= 4 is 0 Å². The number of hydrogen-bond donors (Lipinski definition) is 1. The normalized spacial score (nSPS) is 22.9. The number of ether oxygens (including phenoxy) is 1. The highest BCUT2D eigenvalue weighted by molar-refractivity contribution is 5.46. The van der Waals surface area contributed by atoms with Crippen LogP contribution in [0.15, 0.2) is 12.1 Å². The zero-order valence-corrected chi connectivity index (χ0v) is 9.88. The molecule has 0 fully saturated rings. The van der Waals surface area contributed by atoms with Crippen LogP contribution in [0.3, 0.4) is 0 Å². The molecule has 3 rings (SSSR count). The van der Waals surface area contributed by atoms with Crippen molar-refractivity contribution in [2.45, 2.75) is 31.8 Å². The van der Waals surface area contributed by atoms with Crippen LogP contribution < -0.4 is 5.32 Å². The van der Waals surface area contributed by atoms with Crippen LogP contribution in [-0.2, 0) is 24.0 Å². The Morgan fingerprint density at radius 2 is 2.12 bits per heavy atom. The van der Waals surface area contributed by atoms with E-state index in [1.165, 1.54) is 30.4 Å². The lowest BCUT2D eigenvalue weighted by Crippen LogP contribution is -2.26. The van der Waals surface area contributed by atoms with E-state index in [-0.39, 0.29) is 6.10 Å². The second kappa shape index (κ2) is 4.19. The Balaban J connectivity index is 2.06. The van der Waals surface area contributed by atoms with Gasteiger partial charge in [0.1, 0.15) is 0 Å². The van der Waals surface area contributed by atoms with E-state index in [4.69, 9.17) is 4.74 Å². The highest BCUT2D eigenvalue weighted by atomic mass is 16.5. The van der Waals surface area contributed by atoms with E-state index in [2.05, 4.69) is 17.4 Å². The molecule has 1 aliphatic carbocycles. The summed E-state index contributed by atoms with van der Waals surface area (Å²) in [4.78, 5) is 0. The molecule has 1 heterocycles. The topological polar surface area (TPSA) is 21.3 Å². The van der Waals surface area contributed by atoms with Gasteiger partial charge in [0.05, 0.1) is 12.7 Å². The first-order chi connectivity index (χ1) is 7.90. The predicted octanol–water partition coefficient (Wildman–Crippen LogP) is 2.01. The van der Waals surface area contributed by atoms with Gasteiger partial charge < -0.3 is 10.1 Å². The molecule has 2 heteroatoms. The molecule has 1 atom stereocenters. The van der Waals surface area contributed by atoms with Crippen molar-refractivity contribution in [3.05, 3.63) is 34.4 Å². The maximum Gasteiger partial charge on any atom is 0.0954 e. The minimum absolute atomic E-state index is 0.279. The van der Waals surface area contributed by atoms with Crippen LogP contribution in [0.1, 0.15) is 34.8 Å². The van der Waals surface area contributed by atoms with E-state index >= 15 is 0 Å². The van der Waals surface area contributed by atoms with Gasteiger partial charge in [-0.2, -0.15) is 0 Å². The van der Waals surface area contributed by atoms with E-state index in [9.17, 15) is 0 Å². The Labute approximate surface area is 97.0 Å². The number of likely N-dealkylation sites (N-methyl/N-ethyl adjacent to an activating group) is 1. The minimum Gasteiger partial charge on any atom is -0.372 e. The lowest BCUT2D eigenvalue weighted by molar-refractivity contribution is 0.0432. The maximum atomic E-state index is 5.91. The van der Waals surface area contributed by atoms with Crippen LogP contribution >= 0.6 is 0 Å². The summed E-state index contributed by atoms with van der Waals surface area (Å²) in [6, 6.07) is 4.66. The molecule has 16 heavy (non-hydrogen) atoms. The van der Waals surface area contributed by atoms with E-state index in [1.54, 1.807) is 11.1 Å². The molecule has 0 aromatic heterocycles. The zero-order valence-electron chi connectivity index (χ0n) is 9.88. The highest BCUT2D eigenvalue weighted by Gasteiger charge is 2.26. The van der Waals surface area contributed by atoms with Crippen molar-refractivity contribution in [2.75, 3.05) is 20.2 Å². The number of rotatable bonds is 2. The van der Waals surface area contributed by atoms with Crippen molar-refractivity contribution in [3.63, 3.8) is 0 Å². The third kappa shape index (κ3) is 1.57. The fraction of sp³-hybridized carbons (Fsp3) is 0.571. The molecule has 1 aliphatic heterocycles. The van der Waals surface area contributed by atoms with Gasteiger partial charge in [0.2, 0.25) is 0 Å². The van der Waals surface area contributed by atoms with E-state index in [1.807, 2.05) is 7.05 Å². The van der Waals surface area contributed by atoms with Gasteiger partial charge in [-0.25, -0.2) is 0 Å². The molecule has 0 radical (unpaired) electrons. The zero-order chi connectivity index (χ0) is 11.0. The Kier molecular flexibility index (Phi) is 2.70. The standard InChI is InChI=1S/C14H19NO/c1-15-9-13-14-11(7-8-16-13)6-5-10-3-2-4-12(10)14/h5-6,13,15H,2-4,7-9H2,1H3/t13-/m0/s1. The number of hydrogen-bond acceptors (Lipinski definition) is 2. The maximum absolute atomic E-state index is 5.91. The van der Waals surface area contributed by atoms with Crippen LogP contribution in [0.2, 0.25) is 0 Å². The van der Waals surface area contributed by atoms with Gasteiger partial charge in [0.15, 0.2) is 0 Å². The van der Waals surface area contributed by atoms with Crippen LogP contribution in [0.25, 0.3) is 0 Å². The SMILES string of the molecule is CNC[C@@H]1OCCc2ccc3c(c21)CCC3. The summed E-state index contributed by atoms with van der Waals surface area (Å²) < 4.78 is 5.91. The summed E-state index contributed by atoms with van der Waals surface area (Å²) >= 11 is 0. The Morgan fingerprint density at radius 1 is 1.25 bits per heavy atom. The Hall–Kier alpha value is -0.860. The van der Waals surface area contributed by atoms with Crippen LogP contribution in [0.4, 0.5) is 0 Å². The van der Waals surface area contributed by atoms with E-state index < -0.39 is 0 Å². The molecule has 1 N–H and O–H groups in total. The molecule has 0 bridgehead atoms. The second-order valence-corrected chi connectivity index (χ2v) is 4.80. The summed E-state index contributed by atoms with van der Waals surface area (Å²) in [5.41, 5.74) is 6.19. The van der Waals surface area contributed by atoms with E-state index in [0.717, 1.165) is 19.6 Å². The van der Waals surface area contributed by atoms with Gasteiger partial charge in [-0.1, -0.05) is 12.1 Å². The summed E-state index contributed by atoms with van der Waals surface area (Å²) in [5.74, 6) is 0. The van der Waals surface area contributed by atoms with Gasteiger partial charge in [0, 0.05) is 6.54 Å². The van der Waals surface area contributed by atoms with Crippen molar-refractivity contribution in [1.82, 2.24) is 5.32 Å². The lowest BCUT2D eigenvalue weighted by Gasteiger charge is -2.28. The molecule has 0 saturated carbocycles. The molecular weight excluding hydrogens is 198 g/mol. The van der Waals surface area contributed by atoms with Gasteiger partial charge in [0.25, 0.3) is 0 Å². The van der Waals surface area contributed by atoms with Crippen molar-refractivity contribution in [2.24, 2.45) is 0 Å². The van der Waals surface area contributed by atoms with E-state index in [0.29, 0.717) is 0 Å². The molecule has 2 aliphatic rings. The van der Waals surface area contributed by atoms with Gasteiger partial charge in [-0.15, -0.1) is 0 Å². The smallest absolute Gasteiger partial charge is 0.0954 e. The fourth-order valence-corrected chi connectivity index (χ4v) is 3.10. The van der Waals surface area contributed by atoms with Gasteiger partial charge in [-0.3, -0.25) is 0 Å². The minimum atomic E-state index is 0.279. The van der Waals surface area contributed by atoms with Crippen LogP contribution in [0.5, 0.6) is 0 Å². The average Bonchev–Trinajstić information content (AvgIpc) is 2.77. The number of nitrogens with one attached hydrogen (secondary N) is 1. The molecule has 0 spiro atoms. The molecule has 2 nitrogen and oxygen atoms in total. The van der Waals surface area contributed by atoms with Gasteiger partial charge in [-0.05, 0) is 55.0 Å². The summed E-state index contributed by atoms with van der Waals surface area (Å²) in [5, 5.41) is 3.24. The number of benzene rings is 1. The summed E-state index contributed by atoms with van der Waals surface area (Å²) in [7, 11) is 2.00. The van der Waals surface area contributed by atoms with Crippen molar-refractivity contribution in [3.8, 4) is 0 Å². The Bertz CT molecular complexity index is 400. The van der Waals surface area contributed by atoms with Gasteiger partial charge >= 0.3 is 0 Å². The molecular formula is C14H19NO. The lowest BCUT2D eigenvalue weighted by atomic mass is 9.90. The van der Waals surface area contributed by atoms with Crippen molar-refractivity contribution < 1.29 is 4.74 Å². The first-order valence-electron chi connectivity index (χ1n) is 6.30. The number of fused-ring (bicyclic) bond motifs is 3. The predicted molar refractivity (Wildman–Crippen MR) is 64.8 cm³/mol. The first-order valence-corrected chi connectivity index (χ1v) is 6.30. The highest BCUT2D eigenvalue weighted by Crippen LogP contribution is 2.35. The summed E-state index contributed by atoms with van der Waals surface area (Å²) in [6.45, 7) is 1.81. The van der Waals surface area contributed by atoms with Crippen LogP contribution in [-0.4, -0.2) is 20.2 Å². The first kappa shape index (κ1) is 10.3. The molecule has 1 aromatic carbocycles. The van der Waals surface area contributed by atoms with Crippen LogP contribution in [0, 0.1) is 0 Å². The molecule has 0 amide bonds. The van der Waals surface area contributed by atoms with Crippen molar-refractivity contribution in [1.29, 1.82) is 0 Å². The molecule has 0 unspecified atom stereocenters. The fourth-order valence-electron chi connectivity index (χ4n) is 3.10. The molecule has 86 valence electrons. The number of aryl methyl sites for hydroxylation is 1. The molecule has 1 aromatic rings. The largest absolute Gasteiger partial charge is 0.372 e.